The van der Waals surface area contributed by atoms with Crippen LogP contribution in [0.25, 0.3) is 5.69 Å². The molecule has 0 saturated carbocycles. The standard InChI is InChI=1S/C14H15N3O3/c1-3-20-14(19)12-11(9(2)18)13(15)17(16-12)10-7-5-4-6-8-10/h4-8H,3,15H2,1-2H3. The van der Waals surface area contributed by atoms with E-state index >= 15 is 0 Å². The van der Waals surface area contributed by atoms with Gasteiger partial charge < -0.3 is 10.5 Å². The van der Waals surface area contributed by atoms with Crippen LogP contribution in [0.5, 0.6) is 0 Å². The summed E-state index contributed by atoms with van der Waals surface area (Å²) in [5.41, 5.74) is 6.65. The van der Waals surface area contributed by atoms with E-state index in [0.717, 1.165) is 0 Å². The molecule has 1 heterocycles. The van der Waals surface area contributed by atoms with Gasteiger partial charge in [-0.3, -0.25) is 4.79 Å². The molecule has 2 N–H and O–H groups in total. The van der Waals surface area contributed by atoms with E-state index in [1.165, 1.54) is 11.6 Å². The average molecular weight is 273 g/mol. The zero-order valence-corrected chi connectivity index (χ0v) is 11.3. The van der Waals surface area contributed by atoms with Gasteiger partial charge in [0, 0.05) is 0 Å². The molecule has 20 heavy (non-hydrogen) atoms. The van der Waals surface area contributed by atoms with E-state index in [1.54, 1.807) is 19.1 Å². The lowest BCUT2D eigenvalue weighted by Crippen LogP contribution is -2.10. The molecule has 0 aliphatic heterocycles. The number of nitrogens with zero attached hydrogens (tertiary/aromatic N) is 2. The van der Waals surface area contributed by atoms with Gasteiger partial charge in [-0.25, -0.2) is 9.48 Å². The number of nitrogen functional groups attached to an aromatic ring is 1. The number of carbonyl (C=O) groups is 2. The molecule has 0 unspecified atom stereocenters. The van der Waals surface area contributed by atoms with E-state index in [4.69, 9.17) is 10.5 Å². The van der Waals surface area contributed by atoms with E-state index in [1.807, 2.05) is 18.2 Å². The van der Waals surface area contributed by atoms with Crippen molar-refractivity contribution in [1.29, 1.82) is 0 Å². The molecular weight excluding hydrogens is 258 g/mol. The Balaban J connectivity index is 2.59. The summed E-state index contributed by atoms with van der Waals surface area (Å²) in [6.45, 7) is 3.22. The van der Waals surface area contributed by atoms with Crippen molar-refractivity contribution in [2.75, 3.05) is 12.3 Å². The summed E-state index contributed by atoms with van der Waals surface area (Å²) in [5, 5.41) is 4.12. The normalized spacial score (nSPS) is 10.3. The molecule has 0 atom stereocenters. The second-order valence-corrected chi connectivity index (χ2v) is 4.13. The maximum atomic E-state index is 11.9. The number of hydrogen-bond acceptors (Lipinski definition) is 5. The fourth-order valence-corrected chi connectivity index (χ4v) is 1.89. The zero-order valence-electron chi connectivity index (χ0n) is 11.3. The van der Waals surface area contributed by atoms with Crippen molar-refractivity contribution in [3.63, 3.8) is 0 Å². The number of para-hydroxylation sites is 1. The van der Waals surface area contributed by atoms with Gasteiger partial charge in [0.15, 0.2) is 11.5 Å². The number of anilines is 1. The van der Waals surface area contributed by atoms with Crippen LogP contribution < -0.4 is 5.73 Å². The monoisotopic (exact) mass is 273 g/mol. The summed E-state index contributed by atoms with van der Waals surface area (Å²) in [6.07, 6.45) is 0. The van der Waals surface area contributed by atoms with Crippen molar-refractivity contribution in [1.82, 2.24) is 9.78 Å². The van der Waals surface area contributed by atoms with Gasteiger partial charge in [0.1, 0.15) is 5.82 Å². The van der Waals surface area contributed by atoms with Crippen molar-refractivity contribution >= 4 is 17.6 Å². The third-order valence-electron chi connectivity index (χ3n) is 2.74. The number of hydrogen-bond donors (Lipinski definition) is 1. The molecule has 0 amide bonds. The third kappa shape index (κ3) is 2.40. The van der Waals surface area contributed by atoms with Gasteiger partial charge >= 0.3 is 5.97 Å². The number of esters is 1. The fourth-order valence-electron chi connectivity index (χ4n) is 1.89. The molecule has 2 aromatic rings. The van der Waals surface area contributed by atoms with Crippen molar-refractivity contribution in [2.24, 2.45) is 0 Å². The molecule has 1 aromatic carbocycles. The molecule has 0 bridgehead atoms. The van der Waals surface area contributed by atoms with Crippen LogP contribution in [0.3, 0.4) is 0 Å². The summed E-state index contributed by atoms with van der Waals surface area (Å²) >= 11 is 0. The minimum atomic E-state index is -0.654. The van der Waals surface area contributed by atoms with Crippen LogP contribution in [-0.2, 0) is 4.74 Å². The van der Waals surface area contributed by atoms with Gasteiger partial charge in [-0.1, -0.05) is 18.2 Å². The smallest absolute Gasteiger partial charge is 0.359 e. The van der Waals surface area contributed by atoms with Crippen LogP contribution in [-0.4, -0.2) is 28.1 Å². The first kappa shape index (κ1) is 13.8. The maximum absolute atomic E-state index is 11.9. The van der Waals surface area contributed by atoms with Gasteiger partial charge in [0.25, 0.3) is 0 Å². The number of ether oxygens (including phenoxy) is 1. The summed E-state index contributed by atoms with van der Waals surface area (Å²) in [5.74, 6) is -0.849. The molecular formula is C14H15N3O3. The molecule has 0 spiro atoms. The van der Waals surface area contributed by atoms with Crippen LogP contribution in [0.15, 0.2) is 30.3 Å². The number of Topliss-reactive ketones (excluding diaryl/α,β-unsaturated/α-hetero) is 1. The molecule has 6 heteroatoms. The molecule has 0 aliphatic carbocycles. The summed E-state index contributed by atoms with van der Waals surface area (Å²) in [6, 6.07) is 9.04. The van der Waals surface area contributed by atoms with Gasteiger partial charge in [0.05, 0.1) is 17.9 Å². The Morgan fingerprint density at radius 2 is 1.95 bits per heavy atom. The van der Waals surface area contributed by atoms with Crippen molar-refractivity contribution < 1.29 is 14.3 Å². The first-order valence-corrected chi connectivity index (χ1v) is 6.18. The summed E-state index contributed by atoms with van der Waals surface area (Å²) in [7, 11) is 0. The average Bonchev–Trinajstić information content (AvgIpc) is 2.78. The first-order valence-electron chi connectivity index (χ1n) is 6.18. The van der Waals surface area contributed by atoms with E-state index in [0.29, 0.717) is 5.69 Å². The second kappa shape index (κ2) is 5.56. The van der Waals surface area contributed by atoms with Crippen molar-refractivity contribution in [3.05, 3.63) is 41.6 Å². The lowest BCUT2D eigenvalue weighted by atomic mass is 10.1. The maximum Gasteiger partial charge on any atom is 0.359 e. The van der Waals surface area contributed by atoms with Crippen LogP contribution in [0, 0.1) is 0 Å². The highest BCUT2D eigenvalue weighted by Gasteiger charge is 2.25. The fraction of sp³-hybridized carbons (Fsp3) is 0.214. The van der Waals surface area contributed by atoms with E-state index in [9.17, 15) is 9.59 Å². The minimum Gasteiger partial charge on any atom is -0.461 e. The van der Waals surface area contributed by atoms with Gasteiger partial charge in [-0.05, 0) is 26.0 Å². The predicted octanol–water partition coefficient (Wildman–Crippen LogP) is 1.83. The topological polar surface area (TPSA) is 87.2 Å². The third-order valence-corrected chi connectivity index (χ3v) is 2.74. The minimum absolute atomic E-state index is 0.0549. The quantitative estimate of drug-likeness (QED) is 0.678. The Bertz CT molecular complexity index is 647. The SMILES string of the molecule is CCOC(=O)c1nn(-c2ccccc2)c(N)c1C(C)=O. The molecule has 6 nitrogen and oxygen atoms in total. The molecule has 0 fully saturated rings. The number of ketones is 1. The molecule has 0 aliphatic rings. The van der Waals surface area contributed by atoms with Gasteiger partial charge in [0.2, 0.25) is 0 Å². The molecule has 104 valence electrons. The molecule has 1 aromatic heterocycles. The van der Waals surface area contributed by atoms with Crippen molar-refractivity contribution in [3.8, 4) is 5.69 Å². The van der Waals surface area contributed by atoms with Crippen LogP contribution in [0.1, 0.15) is 34.7 Å². The highest BCUT2D eigenvalue weighted by atomic mass is 16.5. The molecule has 0 radical (unpaired) electrons. The van der Waals surface area contributed by atoms with Crippen LogP contribution in [0.4, 0.5) is 5.82 Å². The Morgan fingerprint density at radius 1 is 1.30 bits per heavy atom. The Morgan fingerprint density at radius 3 is 2.50 bits per heavy atom. The Labute approximate surface area is 116 Å². The van der Waals surface area contributed by atoms with Crippen LogP contribution >= 0.6 is 0 Å². The number of benzene rings is 1. The van der Waals surface area contributed by atoms with E-state index in [2.05, 4.69) is 5.10 Å². The molecule has 0 saturated heterocycles. The van der Waals surface area contributed by atoms with Gasteiger partial charge in [-0.2, -0.15) is 5.10 Å². The lowest BCUT2D eigenvalue weighted by molar-refractivity contribution is 0.0516. The number of carbonyl (C=O) groups excluding carboxylic acids is 2. The Kier molecular flexibility index (Phi) is 3.84. The number of aromatic nitrogens is 2. The number of nitrogens with two attached hydrogens (primary N) is 1. The van der Waals surface area contributed by atoms with Crippen LogP contribution in [0.2, 0.25) is 0 Å². The van der Waals surface area contributed by atoms with Crippen molar-refractivity contribution in [2.45, 2.75) is 13.8 Å². The predicted molar refractivity (Wildman–Crippen MR) is 73.9 cm³/mol. The van der Waals surface area contributed by atoms with E-state index < -0.39 is 5.97 Å². The summed E-state index contributed by atoms with van der Waals surface area (Å²) in [4.78, 5) is 23.6. The highest BCUT2D eigenvalue weighted by molar-refractivity contribution is 6.07. The van der Waals surface area contributed by atoms with E-state index in [-0.39, 0.29) is 29.5 Å². The molecule has 2 rings (SSSR count). The largest absolute Gasteiger partial charge is 0.461 e. The number of rotatable bonds is 4. The van der Waals surface area contributed by atoms with Gasteiger partial charge in [-0.15, -0.1) is 0 Å². The second-order valence-electron chi connectivity index (χ2n) is 4.13. The summed E-state index contributed by atoms with van der Waals surface area (Å²) < 4.78 is 6.26. The first-order chi connectivity index (χ1) is 9.56. The Hall–Kier alpha value is -2.63. The zero-order chi connectivity index (χ0) is 14.7. The highest BCUT2D eigenvalue weighted by Crippen LogP contribution is 2.22. The lowest BCUT2D eigenvalue weighted by Gasteiger charge is -2.03.